The minimum atomic E-state index is -0.595. The molecule has 0 spiro atoms. The molecule has 0 atom stereocenters. The van der Waals surface area contributed by atoms with E-state index in [2.05, 4.69) is 15.9 Å². The van der Waals surface area contributed by atoms with Crippen LogP contribution < -0.4 is 5.63 Å². The molecule has 0 aliphatic rings. The zero-order chi connectivity index (χ0) is 10.1. The van der Waals surface area contributed by atoms with Crippen LogP contribution in [0.4, 0.5) is 0 Å². The van der Waals surface area contributed by atoms with Crippen molar-refractivity contribution in [2.24, 2.45) is 0 Å². The maximum absolute atomic E-state index is 11.1. The molecular formula is C10H4BrNO2. The number of hydrogen-bond donors (Lipinski definition) is 0. The van der Waals surface area contributed by atoms with Crippen molar-refractivity contribution >= 4 is 26.9 Å². The minimum absolute atomic E-state index is 0.0237. The van der Waals surface area contributed by atoms with Gasteiger partial charge in [0.2, 0.25) is 0 Å². The van der Waals surface area contributed by atoms with Crippen LogP contribution in [0.5, 0.6) is 0 Å². The summed E-state index contributed by atoms with van der Waals surface area (Å²) in [4.78, 5) is 11.1. The topological polar surface area (TPSA) is 54.0 Å². The molecule has 4 heteroatoms. The Balaban J connectivity index is 2.89. The lowest BCUT2D eigenvalue weighted by Crippen LogP contribution is -2.02. The van der Waals surface area contributed by atoms with Crippen molar-refractivity contribution in [2.45, 2.75) is 0 Å². The van der Waals surface area contributed by atoms with Crippen LogP contribution in [0.1, 0.15) is 5.56 Å². The molecule has 0 saturated carbocycles. The smallest absolute Gasteiger partial charge is 0.354 e. The van der Waals surface area contributed by atoms with Crippen molar-refractivity contribution < 1.29 is 4.42 Å². The highest BCUT2D eigenvalue weighted by molar-refractivity contribution is 9.10. The Morgan fingerprint density at radius 1 is 1.36 bits per heavy atom. The first-order chi connectivity index (χ1) is 6.70. The van der Waals surface area contributed by atoms with Gasteiger partial charge in [-0.25, -0.2) is 4.79 Å². The summed E-state index contributed by atoms with van der Waals surface area (Å²) in [5.41, 5.74) is -0.0878. The minimum Gasteiger partial charge on any atom is -0.422 e. The number of benzene rings is 1. The van der Waals surface area contributed by atoms with Crippen LogP contribution in [0, 0.1) is 11.3 Å². The Hall–Kier alpha value is -1.60. The first-order valence-electron chi connectivity index (χ1n) is 3.84. The molecule has 3 nitrogen and oxygen atoms in total. The van der Waals surface area contributed by atoms with E-state index in [-0.39, 0.29) is 5.56 Å². The average Bonchev–Trinajstić information content (AvgIpc) is 2.17. The molecule has 0 unspecified atom stereocenters. The number of nitrogens with zero attached hydrogens (tertiary/aromatic N) is 1. The molecule has 0 saturated heterocycles. The summed E-state index contributed by atoms with van der Waals surface area (Å²) in [6.45, 7) is 0. The van der Waals surface area contributed by atoms with Gasteiger partial charge in [-0.15, -0.1) is 0 Å². The van der Waals surface area contributed by atoms with Crippen LogP contribution in [0.15, 0.2) is 37.9 Å². The molecule has 14 heavy (non-hydrogen) atoms. The highest BCUT2D eigenvalue weighted by Gasteiger charge is 2.03. The first-order valence-corrected chi connectivity index (χ1v) is 4.63. The van der Waals surface area contributed by atoms with Gasteiger partial charge in [-0.2, -0.15) is 5.26 Å². The Labute approximate surface area is 87.7 Å². The molecule has 0 amide bonds. The molecule has 0 N–H and O–H groups in total. The Kier molecular flexibility index (Phi) is 2.10. The van der Waals surface area contributed by atoms with Gasteiger partial charge in [0.1, 0.15) is 17.2 Å². The Morgan fingerprint density at radius 3 is 2.86 bits per heavy atom. The van der Waals surface area contributed by atoms with E-state index in [1.807, 2.05) is 0 Å². The molecule has 1 aromatic heterocycles. The lowest BCUT2D eigenvalue weighted by Gasteiger charge is -1.96. The van der Waals surface area contributed by atoms with E-state index in [1.165, 1.54) is 6.07 Å². The predicted octanol–water partition coefficient (Wildman–Crippen LogP) is 2.43. The van der Waals surface area contributed by atoms with Gasteiger partial charge in [-0.05, 0) is 24.3 Å². The number of hydrogen-bond acceptors (Lipinski definition) is 3. The van der Waals surface area contributed by atoms with Gasteiger partial charge < -0.3 is 4.42 Å². The maximum atomic E-state index is 11.1. The van der Waals surface area contributed by atoms with Crippen molar-refractivity contribution in [2.75, 3.05) is 0 Å². The fourth-order valence-corrected chi connectivity index (χ4v) is 1.55. The normalized spacial score (nSPS) is 10.0. The van der Waals surface area contributed by atoms with Crippen molar-refractivity contribution in [1.29, 1.82) is 5.26 Å². The fourth-order valence-electron chi connectivity index (χ4n) is 1.17. The van der Waals surface area contributed by atoms with Gasteiger partial charge in [0.05, 0.1) is 0 Å². The molecular weight excluding hydrogens is 246 g/mol. The molecule has 0 bridgehead atoms. The van der Waals surface area contributed by atoms with Gasteiger partial charge in [0, 0.05) is 9.86 Å². The number of halogens is 1. The molecule has 0 aliphatic carbocycles. The standard InChI is InChI=1S/C10H4BrNO2/c11-8-1-2-9-6(4-8)3-7(5-12)10(13)14-9/h1-4H. The lowest BCUT2D eigenvalue weighted by molar-refractivity contribution is 0.558. The summed E-state index contributed by atoms with van der Waals surface area (Å²) < 4.78 is 5.82. The molecule has 68 valence electrons. The third kappa shape index (κ3) is 1.42. The summed E-state index contributed by atoms with van der Waals surface area (Å²) >= 11 is 3.29. The second-order valence-corrected chi connectivity index (χ2v) is 3.66. The van der Waals surface area contributed by atoms with E-state index in [1.54, 1.807) is 24.3 Å². The third-order valence-corrected chi connectivity index (χ3v) is 2.31. The van der Waals surface area contributed by atoms with Crippen LogP contribution in [-0.2, 0) is 0 Å². The summed E-state index contributed by atoms with van der Waals surface area (Å²) in [6.07, 6.45) is 0. The summed E-state index contributed by atoms with van der Waals surface area (Å²) in [5, 5.41) is 9.36. The van der Waals surface area contributed by atoms with Crippen molar-refractivity contribution in [3.05, 3.63) is 44.7 Å². The number of rotatable bonds is 0. The summed E-state index contributed by atoms with van der Waals surface area (Å²) in [5.74, 6) is 0. The van der Waals surface area contributed by atoms with Crippen LogP contribution in [-0.4, -0.2) is 0 Å². The largest absolute Gasteiger partial charge is 0.422 e. The third-order valence-electron chi connectivity index (χ3n) is 1.81. The van der Waals surface area contributed by atoms with Gasteiger partial charge in [-0.3, -0.25) is 0 Å². The summed E-state index contributed by atoms with van der Waals surface area (Å²) in [7, 11) is 0. The van der Waals surface area contributed by atoms with Crippen LogP contribution in [0.25, 0.3) is 11.0 Å². The Morgan fingerprint density at radius 2 is 2.14 bits per heavy atom. The van der Waals surface area contributed by atoms with Crippen LogP contribution in [0.3, 0.4) is 0 Å². The van der Waals surface area contributed by atoms with Gasteiger partial charge in [-0.1, -0.05) is 15.9 Å². The monoisotopic (exact) mass is 249 g/mol. The first kappa shape index (κ1) is 8.97. The van der Waals surface area contributed by atoms with E-state index in [0.29, 0.717) is 5.58 Å². The molecule has 0 aliphatic heterocycles. The highest BCUT2D eigenvalue weighted by Crippen LogP contribution is 2.18. The summed E-state index contributed by atoms with van der Waals surface area (Å²) in [6, 6.07) is 8.55. The molecule has 0 radical (unpaired) electrons. The van der Waals surface area contributed by atoms with E-state index in [0.717, 1.165) is 9.86 Å². The molecule has 2 rings (SSSR count). The van der Waals surface area contributed by atoms with E-state index >= 15 is 0 Å². The van der Waals surface area contributed by atoms with E-state index < -0.39 is 5.63 Å². The molecule has 2 aromatic rings. The fraction of sp³-hybridized carbons (Fsp3) is 0. The van der Waals surface area contributed by atoms with Crippen molar-refractivity contribution in [3.63, 3.8) is 0 Å². The zero-order valence-electron chi connectivity index (χ0n) is 6.95. The van der Waals surface area contributed by atoms with Crippen LogP contribution >= 0.6 is 15.9 Å². The number of nitriles is 1. The van der Waals surface area contributed by atoms with Gasteiger partial charge >= 0.3 is 5.63 Å². The predicted molar refractivity (Wildman–Crippen MR) is 54.9 cm³/mol. The van der Waals surface area contributed by atoms with E-state index in [9.17, 15) is 4.79 Å². The molecule has 1 aromatic carbocycles. The van der Waals surface area contributed by atoms with Gasteiger partial charge in [0.25, 0.3) is 0 Å². The molecule has 1 heterocycles. The number of fused-ring (bicyclic) bond motifs is 1. The highest BCUT2D eigenvalue weighted by atomic mass is 79.9. The zero-order valence-corrected chi connectivity index (χ0v) is 8.54. The average molecular weight is 250 g/mol. The quantitative estimate of drug-likeness (QED) is 0.674. The SMILES string of the molecule is N#Cc1cc2cc(Br)ccc2oc1=O. The second-order valence-electron chi connectivity index (χ2n) is 2.74. The van der Waals surface area contributed by atoms with Crippen molar-refractivity contribution in [3.8, 4) is 6.07 Å². The van der Waals surface area contributed by atoms with E-state index in [4.69, 9.17) is 9.68 Å². The second kappa shape index (κ2) is 3.28. The van der Waals surface area contributed by atoms with Crippen molar-refractivity contribution in [1.82, 2.24) is 0 Å². The lowest BCUT2D eigenvalue weighted by atomic mass is 10.2. The Bertz CT molecular complexity index is 595. The molecule has 0 fully saturated rings. The van der Waals surface area contributed by atoms with Gasteiger partial charge in [0.15, 0.2) is 0 Å². The van der Waals surface area contributed by atoms with Crippen LogP contribution in [0.2, 0.25) is 0 Å². The maximum Gasteiger partial charge on any atom is 0.354 e.